The normalized spacial score (nSPS) is 12.5. The Kier molecular flexibility index (Phi) is 3.46. The molecule has 0 amide bonds. The Balaban J connectivity index is 2.39. The van der Waals surface area contributed by atoms with Crippen LogP contribution in [0.15, 0.2) is 42.5 Å². The van der Waals surface area contributed by atoms with Crippen LogP contribution in [-0.4, -0.2) is 5.11 Å². The van der Waals surface area contributed by atoms with E-state index >= 15 is 0 Å². The van der Waals surface area contributed by atoms with Gasteiger partial charge >= 0.3 is 0 Å². The van der Waals surface area contributed by atoms with Crippen LogP contribution >= 0.6 is 11.6 Å². The molecule has 3 heteroatoms. The van der Waals surface area contributed by atoms with Crippen molar-refractivity contribution in [3.63, 3.8) is 0 Å². The fraction of sp³-hybridized carbons (Fsp3) is 0.143. The molecule has 0 aromatic heterocycles. The Morgan fingerprint density at radius 1 is 1.12 bits per heavy atom. The van der Waals surface area contributed by atoms with Gasteiger partial charge in [0.05, 0.1) is 0 Å². The highest BCUT2D eigenvalue weighted by atomic mass is 35.5. The average molecular weight is 251 g/mol. The highest BCUT2D eigenvalue weighted by Gasteiger charge is 2.12. The molecule has 0 fully saturated rings. The minimum Gasteiger partial charge on any atom is -0.384 e. The van der Waals surface area contributed by atoms with Crippen molar-refractivity contribution >= 4 is 11.6 Å². The van der Waals surface area contributed by atoms with Crippen molar-refractivity contribution in [2.24, 2.45) is 0 Å². The van der Waals surface area contributed by atoms with E-state index in [9.17, 15) is 9.50 Å². The van der Waals surface area contributed by atoms with Gasteiger partial charge in [0, 0.05) is 5.02 Å². The first-order valence-electron chi connectivity index (χ1n) is 5.27. The molecule has 17 heavy (non-hydrogen) atoms. The van der Waals surface area contributed by atoms with Crippen molar-refractivity contribution in [1.82, 2.24) is 0 Å². The highest BCUT2D eigenvalue weighted by Crippen LogP contribution is 2.25. The van der Waals surface area contributed by atoms with Crippen molar-refractivity contribution in [2.75, 3.05) is 0 Å². The lowest BCUT2D eigenvalue weighted by Crippen LogP contribution is -2.00. The van der Waals surface area contributed by atoms with Crippen molar-refractivity contribution in [3.8, 4) is 0 Å². The molecule has 0 bridgehead atoms. The van der Waals surface area contributed by atoms with Gasteiger partial charge in [0.2, 0.25) is 0 Å². The summed E-state index contributed by atoms with van der Waals surface area (Å²) in [4.78, 5) is 0. The molecule has 0 aliphatic carbocycles. The monoisotopic (exact) mass is 250 g/mol. The van der Waals surface area contributed by atoms with Crippen molar-refractivity contribution in [2.45, 2.75) is 13.0 Å². The number of rotatable bonds is 2. The van der Waals surface area contributed by atoms with E-state index in [4.69, 9.17) is 11.6 Å². The number of benzene rings is 2. The predicted octanol–water partition coefficient (Wildman–Crippen LogP) is 3.87. The summed E-state index contributed by atoms with van der Waals surface area (Å²) in [6, 6.07) is 11.3. The molecule has 0 radical (unpaired) electrons. The maximum atomic E-state index is 13.1. The highest BCUT2D eigenvalue weighted by molar-refractivity contribution is 6.30. The Hall–Kier alpha value is -1.38. The average Bonchev–Trinajstić information content (AvgIpc) is 2.26. The maximum absolute atomic E-state index is 13.1. The smallest absolute Gasteiger partial charge is 0.123 e. The van der Waals surface area contributed by atoms with Crippen LogP contribution in [-0.2, 0) is 0 Å². The summed E-state index contributed by atoms with van der Waals surface area (Å²) in [5.74, 6) is -0.361. The van der Waals surface area contributed by atoms with Crippen molar-refractivity contribution < 1.29 is 9.50 Å². The van der Waals surface area contributed by atoms with Crippen LogP contribution in [0.25, 0.3) is 0 Å². The van der Waals surface area contributed by atoms with E-state index in [-0.39, 0.29) is 5.82 Å². The van der Waals surface area contributed by atoms with Gasteiger partial charge in [0.1, 0.15) is 11.9 Å². The maximum Gasteiger partial charge on any atom is 0.123 e. The van der Waals surface area contributed by atoms with E-state index in [0.29, 0.717) is 16.1 Å². The molecule has 1 atom stereocenters. The molecule has 0 saturated carbocycles. The molecule has 0 aliphatic rings. The molecule has 0 spiro atoms. The Morgan fingerprint density at radius 2 is 1.88 bits per heavy atom. The van der Waals surface area contributed by atoms with Gasteiger partial charge in [-0.1, -0.05) is 29.8 Å². The summed E-state index contributed by atoms with van der Waals surface area (Å²) < 4.78 is 13.1. The van der Waals surface area contributed by atoms with E-state index in [1.54, 1.807) is 18.2 Å². The molecule has 1 nitrogen and oxygen atoms in total. The molecule has 88 valence electrons. The van der Waals surface area contributed by atoms with Gasteiger partial charge in [-0.15, -0.1) is 0 Å². The largest absolute Gasteiger partial charge is 0.384 e. The molecular formula is C14H12ClFO. The standard InChI is InChI=1S/C14H12ClFO/c1-9-5-11(7-12(15)6-9)14(17)10-3-2-4-13(16)8-10/h2-8,14,17H,1H3. The quantitative estimate of drug-likeness (QED) is 0.858. The summed E-state index contributed by atoms with van der Waals surface area (Å²) in [7, 11) is 0. The molecular weight excluding hydrogens is 239 g/mol. The van der Waals surface area contributed by atoms with E-state index in [2.05, 4.69) is 0 Å². The summed E-state index contributed by atoms with van der Waals surface area (Å²) in [6.45, 7) is 1.90. The molecule has 2 aromatic carbocycles. The first kappa shape index (κ1) is 12.1. The van der Waals surface area contributed by atoms with Crippen LogP contribution in [0, 0.1) is 12.7 Å². The molecule has 1 N–H and O–H groups in total. The molecule has 0 saturated heterocycles. The second-order valence-corrected chi connectivity index (χ2v) is 4.46. The third kappa shape index (κ3) is 2.84. The summed E-state index contributed by atoms with van der Waals surface area (Å²) in [6.07, 6.45) is -0.858. The topological polar surface area (TPSA) is 20.2 Å². The zero-order valence-electron chi connectivity index (χ0n) is 9.32. The Bertz CT molecular complexity index is 519. The number of aliphatic hydroxyl groups is 1. The molecule has 0 aliphatic heterocycles. The number of halogens is 2. The summed E-state index contributed by atoms with van der Waals surface area (Å²) >= 11 is 5.93. The first-order chi connectivity index (χ1) is 8.06. The molecule has 2 aromatic rings. The van der Waals surface area contributed by atoms with Crippen LogP contribution in [0.5, 0.6) is 0 Å². The minimum absolute atomic E-state index is 0.361. The van der Waals surface area contributed by atoms with Crippen LogP contribution in [0.4, 0.5) is 4.39 Å². The predicted molar refractivity (Wildman–Crippen MR) is 66.7 cm³/mol. The zero-order valence-corrected chi connectivity index (χ0v) is 10.1. The van der Waals surface area contributed by atoms with E-state index < -0.39 is 6.10 Å². The first-order valence-corrected chi connectivity index (χ1v) is 5.64. The van der Waals surface area contributed by atoms with Crippen molar-refractivity contribution in [1.29, 1.82) is 0 Å². The van der Waals surface area contributed by atoms with E-state index in [0.717, 1.165) is 5.56 Å². The van der Waals surface area contributed by atoms with Crippen molar-refractivity contribution in [3.05, 3.63) is 70.0 Å². The molecule has 2 rings (SSSR count). The summed E-state index contributed by atoms with van der Waals surface area (Å²) in [5, 5.41) is 10.7. The van der Waals surface area contributed by atoms with Gasteiger partial charge in [-0.3, -0.25) is 0 Å². The minimum atomic E-state index is -0.858. The number of hydrogen-bond donors (Lipinski definition) is 1. The van der Waals surface area contributed by atoms with Gasteiger partial charge < -0.3 is 5.11 Å². The van der Waals surface area contributed by atoms with Crippen LogP contribution in [0.3, 0.4) is 0 Å². The zero-order chi connectivity index (χ0) is 12.4. The van der Waals surface area contributed by atoms with Crippen LogP contribution in [0.1, 0.15) is 22.8 Å². The lowest BCUT2D eigenvalue weighted by molar-refractivity contribution is 0.219. The SMILES string of the molecule is Cc1cc(Cl)cc(C(O)c2cccc(F)c2)c1. The third-order valence-electron chi connectivity index (χ3n) is 2.54. The second kappa shape index (κ2) is 4.86. The molecule has 1 unspecified atom stereocenters. The number of hydrogen-bond acceptors (Lipinski definition) is 1. The summed E-state index contributed by atoms with van der Waals surface area (Å²) in [5.41, 5.74) is 2.15. The van der Waals surface area contributed by atoms with Gasteiger partial charge in [-0.2, -0.15) is 0 Å². The fourth-order valence-corrected chi connectivity index (χ4v) is 2.09. The van der Waals surface area contributed by atoms with Crippen LogP contribution < -0.4 is 0 Å². The van der Waals surface area contributed by atoms with E-state index in [1.807, 2.05) is 19.1 Å². The third-order valence-corrected chi connectivity index (χ3v) is 2.76. The Labute approximate surface area is 104 Å². The fourth-order valence-electron chi connectivity index (χ4n) is 1.79. The van der Waals surface area contributed by atoms with Gasteiger partial charge in [0.15, 0.2) is 0 Å². The van der Waals surface area contributed by atoms with E-state index in [1.165, 1.54) is 12.1 Å². The lowest BCUT2D eigenvalue weighted by atomic mass is 10.00. The Morgan fingerprint density at radius 3 is 2.53 bits per heavy atom. The van der Waals surface area contributed by atoms with Gasteiger partial charge in [0.25, 0.3) is 0 Å². The number of aliphatic hydroxyl groups excluding tert-OH is 1. The lowest BCUT2D eigenvalue weighted by Gasteiger charge is -2.12. The molecule has 0 heterocycles. The second-order valence-electron chi connectivity index (χ2n) is 4.02. The van der Waals surface area contributed by atoms with Gasteiger partial charge in [-0.05, 0) is 47.9 Å². The number of aryl methyl sites for hydroxylation is 1. The van der Waals surface area contributed by atoms with Gasteiger partial charge in [-0.25, -0.2) is 4.39 Å². The van der Waals surface area contributed by atoms with Crippen LogP contribution in [0.2, 0.25) is 5.02 Å².